The number of hydrogen-bond acceptors (Lipinski definition) is 5. The number of benzene rings is 4. The molecule has 1 aliphatic heterocycles. The van der Waals surface area contributed by atoms with Gasteiger partial charge in [0, 0.05) is 16.8 Å². The first kappa shape index (κ1) is 26.5. The molecule has 1 amide bonds. The van der Waals surface area contributed by atoms with Gasteiger partial charge < -0.3 is 5.32 Å². The molecule has 200 valence electrons. The van der Waals surface area contributed by atoms with Crippen molar-refractivity contribution in [2.45, 2.75) is 30.6 Å². The molecule has 39 heavy (non-hydrogen) atoms. The van der Waals surface area contributed by atoms with E-state index in [9.17, 15) is 21.6 Å². The maximum atomic E-state index is 13.5. The Morgan fingerprint density at radius 3 is 2.21 bits per heavy atom. The molecule has 0 spiro atoms. The number of rotatable bonds is 6. The smallest absolute Gasteiger partial charge is 0.265 e. The van der Waals surface area contributed by atoms with E-state index in [1.807, 2.05) is 39.0 Å². The summed E-state index contributed by atoms with van der Waals surface area (Å²) in [5.41, 5.74) is 5.37. The molecule has 4 aromatic carbocycles. The lowest BCUT2D eigenvalue weighted by molar-refractivity contribution is -0.114. The Labute approximate surface area is 228 Å². The van der Waals surface area contributed by atoms with E-state index in [4.69, 9.17) is 0 Å². The topological polar surface area (TPSA) is 113 Å². The highest BCUT2D eigenvalue weighted by molar-refractivity contribution is 7.93. The largest absolute Gasteiger partial charge is 0.325 e. The highest BCUT2D eigenvalue weighted by Crippen LogP contribution is 2.43. The normalized spacial score (nSPS) is 13.8. The van der Waals surface area contributed by atoms with Gasteiger partial charge in [-0.2, -0.15) is 0 Å². The average molecular weight is 562 g/mol. The van der Waals surface area contributed by atoms with Gasteiger partial charge in [0.05, 0.1) is 21.2 Å². The van der Waals surface area contributed by atoms with Crippen molar-refractivity contribution in [2.75, 3.05) is 20.9 Å². The van der Waals surface area contributed by atoms with Gasteiger partial charge >= 0.3 is 0 Å². The van der Waals surface area contributed by atoms with Gasteiger partial charge in [-0.3, -0.25) is 13.8 Å². The van der Waals surface area contributed by atoms with E-state index in [0.717, 1.165) is 26.6 Å². The number of hydrogen-bond donors (Lipinski definition) is 2. The zero-order valence-corrected chi connectivity index (χ0v) is 23.2. The van der Waals surface area contributed by atoms with E-state index in [1.54, 1.807) is 36.4 Å². The minimum Gasteiger partial charge on any atom is -0.325 e. The van der Waals surface area contributed by atoms with Gasteiger partial charge in [-0.15, -0.1) is 0 Å². The van der Waals surface area contributed by atoms with E-state index in [-0.39, 0.29) is 9.79 Å². The van der Waals surface area contributed by atoms with Crippen LogP contribution in [-0.4, -0.2) is 29.3 Å². The molecule has 0 radical (unpaired) electrons. The molecule has 0 saturated heterocycles. The molecule has 0 aromatic heterocycles. The summed E-state index contributed by atoms with van der Waals surface area (Å²) in [4.78, 5) is 13.2. The van der Waals surface area contributed by atoms with E-state index in [2.05, 4.69) is 10.0 Å². The fraction of sp³-hybridized carbons (Fsp3) is 0.138. The van der Waals surface area contributed by atoms with Crippen LogP contribution in [0.25, 0.3) is 11.1 Å². The lowest BCUT2D eigenvalue weighted by atomic mass is 10.0. The summed E-state index contributed by atoms with van der Waals surface area (Å²) in [6, 6.07) is 23.2. The molecule has 0 fully saturated rings. The fourth-order valence-corrected chi connectivity index (χ4v) is 7.38. The summed E-state index contributed by atoms with van der Waals surface area (Å²) >= 11 is 0. The number of sulfonamides is 2. The Morgan fingerprint density at radius 2 is 1.49 bits per heavy atom. The van der Waals surface area contributed by atoms with Crippen molar-refractivity contribution in [2.24, 2.45) is 0 Å². The molecule has 0 aliphatic carbocycles. The molecule has 2 N–H and O–H groups in total. The van der Waals surface area contributed by atoms with Crippen molar-refractivity contribution in [3.63, 3.8) is 0 Å². The number of aryl methyl sites for hydroxylation is 3. The Balaban J connectivity index is 1.35. The summed E-state index contributed by atoms with van der Waals surface area (Å²) in [6.07, 6.45) is 0. The number of fused-ring (bicyclic) bond motifs is 3. The second-order valence-corrected chi connectivity index (χ2v) is 13.0. The summed E-state index contributed by atoms with van der Waals surface area (Å²) in [5.74, 6) is -0.562. The predicted octanol–water partition coefficient (Wildman–Crippen LogP) is 5.23. The maximum Gasteiger partial charge on any atom is 0.265 e. The SMILES string of the molecule is Cc1ccc(NS(=O)(=O)c2ccc(NC(=O)CN3c4ccc(C)cc4-c4ccccc4S3(=O)=O)cc2)c(C)c1. The molecule has 1 heterocycles. The van der Waals surface area contributed by atoms with Crippen molar-refractivity contribution < 1.29 is 21.6 Å². The van der Waals surface area contributed by atoms with E-state index in [0.29, 0.717) is 22.6 Å². The van der Waals surface area contributed by atoms with Crippen LogP contribution in [0.2, 0.25) is 0 Å². The molecular formula is C29H27N3O5S2. The lowest BCUT2D eigenvalue weighted by Crippen LogP contribution is -2.40. The molecule has 10 heteroatoms. The molecule has 1 aliphatic rings. The average Bonchev–Trinajstić information content (AvgIpc) is 2.89. The minimum absolute atomic E-state index is 0.0278. The summed E-state index contributed by atoms with van der Waals surface area (Å²) in [6.45, 7) is 5.23. The molecule has 8 nitrogen and oxygen atoms in total. The Hall–Kier alpha value is -4.15. The first-order valence-corrected chi connectivity index (χ1v) is 15.1. The van der Waals surface area contributed by atoms with Crippen LogP contribution in [0, 0.1) is 20.8 Å². The standard InChI is InChI=1S/C29H27N3O5S2/c1-19-8-14-26(21(3)16-19)31-38(34,35)23-12-10-22(11-13-23)30-29(33)18-32-27-15-9-20(2)17-25(27)24-6-4-5-7-28(24)39(32,36)37/h4-17,31H,18H2,1-3H3,(H,30,33). The Morgan fingerprint density at radius 1 is 0.821 bits per heavy atom. The van der Waals surface area contributed by atoms with Crippen LogP contribution in [0.5, 0.6) is 0 Å². The maximum absolute atomic E-state index is 13.5. The number of nitrogens with one attached hydrogen (secondary N) is 2. The van der Waals surface area contributed by atoms with Gasteiger partial charge in [0.2, 0.25) is 5.91 Å². The third-order valence-corrected chi connectivity index (χ3v) is 9.73. The molecule has 0 unspecified atom stereocenters. The minimum atomic E-state index is -3.97. The first-order valence-electron chi connectivity index (χ1n) is 12.2. The highest BCUT2D eigenvalue weighted by Gasteiger charge is 2.35. The summed E-state index contributed by atoms with van der Waals surface area (Å²) in [5, 5.41) is 2.68. The third kappa shape index (κ3) is 5.13. The fourth-order valence-electron chi connectivity index (χ4n) is 4.60. The monoisotopic (exact) mass is 561 g/mol. The van der Waals surface area contributed by atoms with Crippen molar-refractivity contribution in [1.29, 1.82) is 0 Å². The van der Waals surface area contributed by atoms with Crippen LogP contribution in [0.15, 0.2) is 94.7 Å². The van der Waals surface area contributed by atoms with Crippen LogP contribution in [0.3, 0.4) is 0 Å². The zero-order chi connectivity index (χ0) is 27.9. The molecule has 0 saturated carbocycles. The zero-order valence-electron chi connectivity index (χ0n) is 21.6. The quantitative estimate of drug-likeness (QED) is 0.335. The van der Waals surface area contributed by atoms with Crippen molar-refractivity contribution in [1.82, 2.24) is 0 Å². The number of carbonyl (C=O) groups is 1. The Kier molecular flexibility index (Phi) is 6.69. The van der Waals surface area contributed by atoms with Crippen LogP contribution in [-0.2, 0) is 24.8 Å². The second-order valence-electron chi connectivity index (χ2n) is 9.52. The van der Waals surface area contributed by atoms with Gasteiger partial charge in [0.25, 0.3) is 20.0 Å². The number of nitrogens with zero attached hydrogens (tertiary/aromatic N) is 1. The van der Waals surface area contributed by atoms with Gasteiger partial charge in [-0.05, 0) is 74.9 Å². The predicted molar refractivity (Wildman–Crippen MR) is 153 cm³/mol. The van der Waals surface area contributed by atoms with Gasteiger partial charge in [0.15, 0.2) is 0 Å². The summed E-state index contributed by atoms with van der Waals surface area (Å²) < 4.78 is 56.4. The van der Waals surface area contributed by atoms with Crippen molar-refractivity contribution >= 4 is 43.0 Å². The van der Waals surface area contributed by atoms with Gasteiger partial charge in [-0.1, -0.05) is 47.5 Å². The Bertz CT molecular complexity index is 1820. The molecule has 4 aromatic rings. The van der Waals surface area contributed by atoms with E-state index >= 15 is 0 Å². The van der Waals surface area contributed by atoms with Crippen molar-refractivity contribution in [3.8, 4) is 11.1 Å². The van der Waals surface area contributed by atoms with Gasteiger partial charge in [-0.25, -0.2) is 16.8 Å². The number of amides is 1. The lowest BCUT2D eigenvalue weighted by Gasteiger charge is -2.31. The van der Waals surface area contributed by atoms with Gasteiger partial charge in [0.1, 0.15) is 6.54 Å². The molecule has 0 bridgehead atoms. The second kappa shape index (κ2) is 9.87. The van der Waals surface area contributed by atoms with Crippen LogP contribution in [0.1, 0.15) is 16.7 Å². The van der Waals surface area contributed by atoms with E-state index in [1.165, 1.54) is 30.3 Å². The van der Waals surface area contributed by atoms with E-state index < -0.39 is 32.5 Å². The molecule has 5 rings (SSSR count). The first-order chi connectivity index (χ1) is 18.5. The number of anilines is 3. The van der Waals surface area contributed by atoms with Crippen LogP contribution < -0.4 is 14.3 Å². The molecular weight excluding hydrogens is 534 g/mol. The number of carbonyl (C=O) groups excluding carboxylic acids is 1. The van der Waals surface area contributed by atoms with Crippen LogP contribution >= 0.6 is 0 Å². The summed E-state index contributed by atoms with van der Waals surface area (Å²) in [7, 11) is -7.82. The van der Waals surface area contributed by atoms with Crippen LogP contribution in [0.4, 0.5) is 17.1 Å². The van der Waals surface area contributed by atoms with Crippen molar-refractivity contribution in [3.05, 3.63) is 102 Å². The molecule has 0 atom stereocenters. The highest BCUT2D eigenvalue weighted by atomic mass is 32.2. The third-order valence-electron chi connectivity index (χ3n) is 6.53.